The molecule has 3 N–H and O–H groups in total. The Morgan fingerprint density at radius 2 is 1.81 bits per heavy atom. The second kappa shape index (κ2) is 4.63. The summed E-state index contributed by atoms with van der Waals surface area (Å²) in [4.78, 5) is 31.9. The second-order valence-corrected chi connectivity index (χ2v) is 3.19. The molecule has 1 amide bonds. The summed E-state index contributed by atoms with van der Waals surface area (Å²) >= 11 is 5.59. The van der Waals surface area contributed by atoms with Gasteiger partial charge in [-0.3, -0.25) is 4.79 Å². The van der Waals surface area contributed by atoms with Crippen molar-refractivity contribution in [1.82, 2.24) is 0 Å². The van der Waals surface area contributed by atoms with E-state index in [0.717, 1.165) is 6.07 Å². The first-order valence-corrected chi connectivity index (χ1v) is 4.36. The molecule has 0 aromatic heterocycles. The van der Waals surface area contributed by atoms with Crippen LogP contribution < -0.4 is 5.32 Å². The molecular weight excluding hydrogens is 238 g/mol. The van der Waals surface area contributed by atoms with E-state index in [-0.39, 0.29) is 16.3 Å². The Labute approximate surface area is 94.5 Å². The topological polar surface area (TPSA) is 104 Å². The van der Waals surface area contributed by atoms with Gasteiger partial charge in [0.05, 0.1) is 11.3 Å². The van der Waals surface area contributed by atoms with Crippen LogP contribution in [-0.4, -0.2) is 28.1 Å². The normalized spacial score (nSPS) is 9.56. The smallest absolute Gasteiger partial charge is 0.394 e. The largest absolute Gasteiger partial charge is 0.478 e. The number of aromatic carboxylic acids is 1. The molecule has 6 nitrogen and oxygen atoms in total. The maximum Gasteiger partial charge on any atom is 0.394 e. The molecule has 0 radical (unpaired) electrons. The number of amides is 1. The van der Waals surface area contributed by atoms with Crippen LogP contribution in [0.15, 0.2) is 18.2 Å². The lowest BCUT2D eigenvalue weighted by atomic mass is 10.2. The van der Waals surface area contributed by atoms with Gasteiger partial charge < -0.3 is 15.5 Å². The van der Waals surface area contributed by atoms with Crippen LogP contribution in [0.1, 0.15) is 10.4 Å². The summed E-state index contributed by atoms with van der Waals surface area (Å²) in [7, 11) is 0. The van der Waals surface area contributed by atoms with E-state index in [1.165, 1.54) is 12.1 Å². The van der Waals surface area contributed by atoms with Crippen LogP contribution in [0.25, 0.3) is 0 Å². The third-order valence-electron chi connectivity index (χ3n) is 1.65. The van der Waals surface area contributed by atoms with Gasteiger partial charge in [-0.1, -0.05) is 11.6 Å². The number of benzene rings is 1. The highest BCUT2D eigenvalue weighted by Crippen LogP contribution is 2.21. The van der Waals surface area contributed by atoms with Crippen molar-refractivity contribution in [2.45, 2.75) is 0 Å². The number of carboxylic acid groups (broad SMARTS) is 2. The highest BCUT2D eigenvalue weighted by molar-refractivity contribution is 6.37. The maximum atomic E-state index is 10.9. The number of carbonyl (C=O) groups excluding carboxylic acids is 1. The fourth-order valence-electron chi connectivity index (χ4n) is 0.982. The van der Waals surface area contributed by atoms with Crippen molar-refractivity contribution >= 4 is 35.1 Å². The van der Waals surface area contributed by atoms with E-state index in [0.29, 0.717) is 0 Å². The zero-order valence-corrected chi connectivity index (χ0v) is 8.49. The molecule has 0 fully saturated rings. The van der Waals surface area contributed by atoms with Crippen molar-refractivity contribution in [3.63, 3.8) is 0 Å². The number of hydrogen-bond acceptors (Lipinski definition) is 3. The molecule has 0 unspecified atom stereocenters. The van der Waals surface area contributed by atoms with Gasteiger partial charge in [-0.15, -0.1) is 0 Å². The van der Waals surface area contributed by atoms with Gasteiger partial charge in [0.15, 0.2) is 0 Å². The molecule has 1 rings (SSSR count). The quantitative estimate of drug-likeness (QED) is 0.674. The highest BCUT2D eigenvalue weighted by atomic mass is 35.5. The first-order valence-electron chi connectivity index (χ1n) is 3.99. The minimum atomic E-state index is -1.71. The Morgan fingerprint density at radius 3 is 2.31 bits per heavy atom. The molecule has 7 heteroatoms. The molecule has 0 saturated heterocycles. The van der Waals surface area contributed by atoms with Crippen molar-refractivity contribution in [1.29, 1.82) is 0 Å². The van der Waals surface area contributed by atoms with Gasteiger partial charge in [0.2, 0.25) is 0 Å². The van der Waals surface area contributed by atoms with Gasteiger partial charge in [0.25, 0.3) is 0 Å². The van der Waals surface area contributed by atoms with Crippen molar-refractivity contribution in [2.24, 2.45) is 0 Å². The Morgan fingerprint density at radius 1 is 1.19 bits per heavy atom. The summed E-state index contributed by atoms with van der Waals surface area (Å²) in [5, 5.41) is 19.2. The van der Waals surface area contributed by atoms with Gasteiger partial charge in [0.1, 0.15) is 0 Å². The number of aliphatic carboxylic acids is 1. The Kier molecular flexibility index (Phi) is 3.47. The van der Waals surface area contributed by atoms with Gasteiger partial charge >= 0.3 is 17.8 Å². The van der Waals surface area contributed by atoms with Gasteiger partial charge in [-0.2, -0.15) is 0 Å². The molecule has 0 bridgehead atoms. The minimum Gasteiger partial charge on any atom is -0.478 e. The predicted molar refractivity (Wildman–Crippen MR) is 54.7 cm³/mol. The van der Waals surface area contributed by atoms with E-state index in [4.69, 9.17) is 21.8 Å². The zero-order chi connectivity index (χ0) is 12.3. The van der Waals surface area contributed by atoms with Crippen LogP contribution in [0.2, 0.25) is 5.02 Å². The predicted octanol–water partition coefficient (Wildman–Crippen LogP) is 1.06. The number of carbonyl (C=O) groups is 3. The highest BCUT2D eigenvalue weighted by Gasteiger charge is 2.16. The van der Waals surface area contributed by atoms with Crippen molar-refractivity contribution in [2.75, 3.05) is 5.32 Å². The first kappa shape index (κ1) is 12.0. The number of nitrogens with one attached hydrogen (secondary N) is 1. The minimum absolute atomic E-state index is 0.160. The van der Waals surface area contributed by atoms with Crippen LogP contribution in [-0.2, 0) is 9.59 Å². The fourth-order valence-corrected chi connectivity index (χ4v) is 1.15. The van der Waals surface area contributed by atoms with Crippen LogP contribution in [0.3, 0.4) is 0 Å². The fraction of sp³-hybridized carbons (Fsp3) is 0. The SMILES string of the molecule is O=C(O)C(=O)Nc1cc(Cl)ccc1C(=O)O. The molecule has 1 aromatic rings. The molecule has 0 aliphatic rings. The lowest BCUT2D eigenvalue weighted by molar-refractivity contribution is -0.147. The van der Waals surface area contributed by atoms with E-state index in [1.54, 1.807) is 0 Å². The van der Waals surface area contributed by atoms with E-state index >= 15 is 0 Å². The molecule has 0 heterocycles. The van der Waals surface area contributed by atoms with Crippen LogP contribution >= 0.6 is 11.6 Å². The monoisotopic (exact) mass is 243 g/mol. The average Bonchev–Trinajstić information content (AvgIpc) is 2.16. The summed E-state index contributed by atoms with van der Waals surface area (Å²) < 4.78 is 0. The van der Waals surface area contributed by atoms with Crippen LogP contribution in [0, 0.1) is 0 Å². The Hall–Kier alpha value is -2.08. The summed E-state index contributed by atoms with van der Waals surface area (Å²) in [5.74, 6) is -4.33. The summed E-state index contributed by atoms with van der Waals surface area (Å²) in [6, 6.07) is 3.65. The molecule has 0 atom stereocenters. The maximum absolute atomic E-state index is 10.9. The number of anilines is 1. The number of hydrogen-bond donors (Lipinski definition) is 3. The third kappa shape index (κ3) is 2.71. The van der Waals surface area contributed by atoms with E-state index in [9.17, 15) is 14.4 Å². The van der Waals surface area contributed by atoms with Crippen molar-refractivity contribution < 1.29 is 24.6 Å². The van der Waals surface area contributed by atoms with Gasteiger partial charge in [0, 0.05) is 5.02 Å². The van der Waals surface area contributed by atoms with Crippen LogP contribution in [0.4, 0.5) is 5.69 Å². The van der Waals surface area contributed by atoms with Crippen molar-refractivity contribution in [3.05, 3.63) is 28.8 Å². The molecule has 0 spiro atoms. The number of carboxylic acids is 2. The molecule has 1 aromatic carbocycles. The molecule has 0 saturated carbocycles. The summed E-state index contributed by atoms with van der Waals surface area (Å²) in [6.07, 6.45) is 0. The van der Waals surface area contributed by atoms with E-state index < -0.39 is 17.8 Å². The zero-order valence-electron chi connectivity index (χ0n) is 7.73. The molecule has 0 aliphatic heterocycles. The molecule has 84 valence electrons. The molecule has 0 aliphatic carbocycles. The number of rotatable bonds is 2. The van der Waals surface area contributed by atoms with E-state index in [1.807, 2.05) is 5.32 Å². The Balaban J connectivity index is 3.10. The lowest BCUT2D eigenvalue weighted by Gasteiger charge is -2.06. The Bertz CT molecular complexity index is 471. The van der Waals surface area contributed by atoms with E-state index in [2.05, 4.69) is 0 Å². The first-order chi connectivity index (χ1) is 7.41. The lowest BCUT2D eigenvalue weighted by Crippen LogP contribution is -2.23. The third-order valence-corrected chi connectivity index (χ3v) is 1.89. The molecular formula is C9H6ClNO5. The van der Waals surface area contributed by atoms with Crippen LogP contribution in [0.5, 0.6) is 0 Å². The molecule has 16 heavy (non-hydrogen) atoms. The standard InChI is InChI=1S/C9H6ClNO5/c10-4-1-2-5(8(13)14)6(3-4)11-7(12)9(15)16/h1-3H,(H,11,12)(H,13,14)(H,15,16). The summed E-state index contributed by atoms with van der Waals surface area (Å²) in [5.41, 5.74) is -0.397. The second-order valence-electron chi connectivity index (χ2n) is 2.75. The van der Waals surface area contributed by atoms with Gasteiger partial charge in [-0.05, 0) is 18.2 Å². The average molecular weight is 244 g/mol. The summed E-state index contributed by atoms with van der Waals surface area (Å²) in [6.45, 7) is 0. The number of halogens is 1. The van der Waals surface area contributed by atoms with Gasteiger partial charge in [-0.25, -0.2) is 9.59 Å². The van der Waals surface area contributed by atoms with Crippen molar-refractivity contribution in [3.8, 4) is 0 Å².